The highest BCUT2D eigenvalue weighted by molar-refractivity contribution is 7.98. The number of aryl methyl sites for hydroxylation is 1. The lowest BCUT2D eigenvalue weighted by Crippen LogP contribution is -2.41. The van der Waals surface area contributed by atoms with Crippen molar-refractivity contribution in [2.75, 3.05) is 19.1 Å². The van der Waals surface area contributed by atoms with Crippen LogP contribution < -0.4 is 5.32 Å². The molecule has 202 valence electrons. The molecular formula is C30H29ClN2O5S. The number of rotatable bonds is 11. The first kappa shape index (κ1) is 28.4. The van der Waals surface area contributed by atoms with Gasteiger partial charge >= 0.3 is 5.97 Å². The van der Waals surface area contributed by atoms with Gasteiger partial charge in [0.2, 0.25) is 5.89 Å². The summed E-state index contributed by atoms with van der Waals surface area (Å²) in [6, 6.07) is 19.4. The average Bonchev–Trinajstić information content (AvgIpc) is 3.41. The highest BCUT2D eigenvalue weighted by Crippen LogP contribution is 2.35. The molecule has 0 radical (unpaired) electrons. The van der Waals surface area contributed by atoms with Gasteiger partial charge in [0.05, 0.1) is 16.8 Å². The average molecular weight is 565 g/mol. The molecule has 0 bridgehead atoms. The molecule has 7 nitrogen and oxygen atoms in total. The van der Waals surface area contributed by atoms with E-state index in [2.05, 4.69) is 10.3 Å². The fourth-order valence-electron chi connectivity index (χ4n) is 4.33. The van der Waals surface area contributed by atoms with Gasteiger partial charge in [0, 0.05) is 12.7 Å². The molecule has 4 aromatic rings. The van der Waals surface area contributed by atoms with Crippen molar-refractivity contribution in [3.63, 3.8) is 0 Å². The number of aromatic nitrogens is 1. The molecule has 1 heterocycles. The van der Waals surface area contributed by atoms with Crippen LogP contribution in [0.15, 0.2) is 77.3 Å². The summed E-state index contributed by atoms with van der Waals surface area (Å²) in [4.78, 5) is 29.6. The monoisotopic (exact) mass is 564 g/mol. The van der Waals surface area contributed by atoms with E-state index in [-0.39, 0.29) is 0 Å². The standard InChI is InChI=1S/C30H29ClN2O5S/c1-18-8-4-5-9-20(18)23-16-19(12-13-21(23)28(34)33-25(30(35)36)14-15-39-3)27(37-2)26-17-32-29(38-26)22-10-6-7-11-24(22)31/h4-13,16-17,25,27H,14-15H2,1-3H3,(H,33,34)(H,35,36). The molecule has 2 atom stereocenters. The van der Waals surface area contributed by atoms with Crippen molar-refractivity contribution >= 4 is 35.2 Å². The third kappa shape index (κ3) is 6.53. The molecule has 2 N–H and O–H groups in total. The lowest BCUT2D eigenvalue weighted by atomic mass is 9.92. The quantitative estimate of drug-likeness (QED) is 0.210. The normalized spacial score (nSPS) is 12.6. The summed E-state index contributed by atoms with van der Waals surface area (Å²) in [5.74, 6) is -0.0569. The van der Waals surface area contributed by atoms with Crippen molar-refractivity contribution in [1.82, 2.24) is 10.3 Å². The minimum Gasteiger partial charge on any atom is -0.480 e. The Morgan fingerprint density at radius 2 is 1.79 bits per heavy atom. The van der Waals surface area contributed by atoms with Gasteiger partial charge in [-0.15, -0.1) is 0 Å². The van der Waals surface area contributed by atoms with Crippen molar-refractivity contribution < 1.29 is 23.8 Å². The molecule has 0 spiro atoms. The Hall–Kier alpha value is -3.59. The summed E-state index contributed by atoms with van der Waals surface area (Å²) in [5, 5.41) is 12.9. The number of thioether (sulfide) groups is 1. The molecule has 39 heavy (non-hydrogen) atoms. The highest BCUT2D eigenvalue weighted by atomic mass is 35.5. The predicted molar refractivity (Wildman–Crippen MR) is 154 cm³/mol. The maximum Gasteiger partial charge on any atom is 0.326 e. The summed E-state index contributed by atoms with van der Waals surface area (Å²) < 4.78 is 11.9. The number of aliphatic carboxylic acids is 1. The largest absolute Gasteiger partial charge is 0.480 e. The number of nitrogens with one attached hydrogen (secondary N) is 1. The van der Waals surface area contributed by atoms with Gasteiger partial charge in [0.1, 0.15) is 12.1 Å². The predicted octanol–water partition coefficient (Wildman–Crippen LogP) is 6.64. The Bertz CT molecular complexity index is 1470. The number of carbonyl (C=O) groups excluding carboxylic acids is 1. The van der Waals surface area contributed by atoms with Crippen molar-refractivity contribution in [2.45, 2.75) is 25.5 Å². The molecule has 0 saturated carbocycles. The minimum absolute atomic E-state index is 0.324. The molecule has 0 saturated heterocycles. The van der Waals surface area contributed by atoms with Crippen LogP contribution in [-0.4, -0.2) is 47.1 Å². The van der Waals surface area contributed by atoms with E-state index >= 15 is 0 Å². The van der Waals surface area contributed by atoms with Crippen molar-refractivity contribution in [3.05, 3.63) is 100 Å². The molecule has 4 rings (SSSR count). The van der Waals surface area contributed by atoms with Crippen LogP contribution in [0.5, 0.6) is 0 Å². The molecule has 3 aromatic carbocycles. The third-order valence-electron chi connectivity index (χ3n) is 6.36. The SMILES string of the molecule is COC(c1ccc(C(=O)NC(CCSC)C(=O)O)c(-c2ccccc2C)c1)c1cnc(-c2ccccc2Cl)o1. The van der Waals surface area contributed by atoms with Gasteiger partial charge in [-0.25, -0.2) is 9.78 Å². The number of oxazole rings is 1. The molecule has 1 aromatic heterocycles. The lowest BCUT2D eigenvalue weighted by Gasteiger charge is -2.19. The molecule has 0 aliphatic carbocycles. The highest BCUT2D eigenvalue weighted by Gasteiger charge is 2.25. The smallest absolute Gasteiger partial charge is 0.326 e. The van der Waals surface area contributed by atoms with E-state index in [4.69, 9.17) is 20.8 Å². The molecule has 0 aliphatic heterocycles. The Morgan fingerprint density at radius 1 is 1.08 bits per heavy atom. The molecule has 2 unspecified atom stereocenters. The van der Waals surface area contributed by atoms with E-state index in [9.17, 15) is 14.7 Å². The van der Waals surface area contributed by atoms with Crippen LogP contribution in [0, 0.1) is 6.92 Å². The second-order valence-electron chi connectivity index (χ2n) is 8.93. The number of hydrogen-bond donors (Lipinski definition) is 2. The van der Waals surface area contributed by atoms with Gasteiger partial charge in [-0.3, -0.25) is 4.79 Å². The summed E-state index contributed by atoms with van der Waals surface area (Å²) in [6.45, 7) is 1.96. The first-order chi connectivity index (χ1) is 18.8. The van der Waals surface area contributed by atoms with Crippen LogP contribution in [0.4, 0.5) is 0 Å². The summed E-state index contributed by atoms with van der Waals surface area (Å²) >= 11 is 7.85. The summed E-state index contributed by atoms with van der Waals surface area (Å²) in [6.07, 6.45) is 3.21. The van der Waals surface area contributed by atoms with E-state index in [0.717, 1.165) is 16.7 Å². The van der Waals surface area contributed by atoms with Gasteiger partial charge < -0.3 is 19.6 Å². The number of amides is 1. The Labute approximate surface area is 236 Å². The number of methoxy groups -OCH3 is 1. The third-order valence-corrected chi connectivity index (χ3v) is 7.34. The fraction of sp³-hybridized carbons (Fsp3) is 0.233. The Balaban J connectivity index is 1.74. The molecule has 1 amide bonds. The van der Waals surface area contributed by atoms with Gasteiger partial charge in [0.15, 0.2) is 5.76 Å². The van der Waals surface area contributed by atoms with Gasteiger partial charge in [-0.2, -0.15) is 11.8 Å². The summed E-state index contributed by atoms with van der Waals surface area (Å²) in [7, 11) is 1.57. The number of carboxylic acid groups (broad SMARTS) is 1. The number of carbonyl (C=O) groups is 2. The number of benzene rings is 3. The van der Waals surface area contributed by atoms with Crippen LogP contribution in [0.25, 0.3) is 22.6 Å². The number of carboxylic acids is 1. The lowest BCUT2D eigenvalue weighted by molar-refractivity contribution is -0.139. The van der Waals surface area contributed by atoms with E-state index in [0.29, 0.717) is 45.5 Å². The molecular weight excluding hydrogens is 536 g/mol. The van der Waals surface area contributed by atoms with Crippen molar-refractivity contribution in [2.24, 2.45) is 0 Å². The zero-order valence-electron chi connectivity index (χ0n) is 21.8. The first-order valence-corrected chi connectivity index (χ1v) is 14.1. The molecule has 0 fully saturated rings. The van der Waals surface area contributed by atoms with E-state index in [1.165, 1.54) is 11.8 Å². The van der Waals surface area contributed by atoms with Crippen molar-refractivity contribution in [3.8, 4) is 22.6 Å². The zero-order chi connectivity index (χ0) is 27.9. The Morgan fingerprint density at radius 3 is 2.46 bits per heavy atom. The number of nitrogens with zero attached hydrogens (tertiary/aromatic N) is 1. The second kappa shape index (κ2) is 13.0. The Kier molecular flexibility index (Phi) is 9.45. The number of halogens is 1. The second-order valence-corrected chi connectivity index (χ2v) is 10.3. The van der Waals surface area contributed by atoms with Crippen LogP contribution in [0.3, 0.4) is 0 Å². The first-order valence-electron chi connectivity index (χ1n) is 12.3. The van der Waals surface area contributed by atoms with Gasteiger partial charge in [-0.1, -0.05) is 54.1 Å². The van der Waals surface area contributed by atoms with Crippen molar-refractivity contribution in [1.29, 1.82) is 0 Å². The minimum atomic E-state index is -1.06. The van der Waals surface area contributed by atoms with E-state index < -0.39 is 24.0 Å². The van der Waals surface area contributed by atoms with Crippen LogP contribution >= 0.6 is 23.4 Å². The molecule has 0 aliphatic rings. The number of ether oxygens (including phenoxy) is 1. The van der Waals surface area contributed by atoms with Crippen LogP contribution in [-0.2, 0) is 9.53 Å². The molecule has 9 heteroatoms. The maximum atomic E-state index is 13.4. The van der Waals surface area contributed by atoms with Gasteiger partial charge in [-0.05, 0) is 71.9 Å². The summed E-state index contributed by atoms with van der Waals surface area (Å²) in [5.41, 5.74) is 4.26. The number of hydrogen-bond acceptors (Lipinski definition) is 6. The van der Waals surface area contributed by atoms with Gasteiger partial charge in [0.25, 0.3) is 5.91 Å². The van der Waals surface area contributed by atoms with E-state index in [1.54, 1.807) is 31.5 Å². The van der Waals surface area contributed by atoms with Crippen LogP contribution in [0.2, 0.25) is 5.02 Å². The fourth-order valence-corrected chi connectivity index (χ4v) is 5.02. The topological polar surface area (TPSA) is 102 Å². The zero-order valence-corrected chi connectivity index (χ0v) is 23.4. The maximum absolute atomic E-state index is 13.4. The van der Waals surface area contributed by atoms with E-state index in [1.807, 2.05) is 61.7 Å². The van der Waals surface area contributed by atoms with Crippen LogP contribution in [0.1, 0.15) is 39.8 Å².